The predicted octanol–water partition coefficient (Wildman–Crippen LogP) is 1.19. The van der Waals surface area contributed by atoms with E-state index in [1.807, 2.05) is 13.2 Å². The van der Waals surface area contributed by atoms with Gasteiger partial charge in [-0.15, -0.1) is 0 Å². The summed E-state index contributed by atoms with van der Waals surface area (Å²) >= 11 is 0. The van der Waals surface area contributed by atoms with Gasteiger partial charge in [0, 0.05) is 25.0 Å². The van der Waals surface area contributed by atoms with E-state index in [4.69, 9.17) is 0 Å². The van der Waals surface area contributed by atoms with Crippen molar-refractivity contribution >= 4 is 0 Å². The Morgan fingerprint density at radius 2 is 2.31 bits per heavy atom. The van der Waals surface area contributed by atoms with Crippen LogP contribution >= 0.6 is 0 Å². The molecule has 4 nitrogen and oxygen atoms in total. The van der Waals surface area contributed by atoms with E-state index >= 15 is 0 Å². The number of pyridine rings is 1. The lowest BCUT2D eigenvalue weighted by Gasteiger charge is -1.97. The van der Waals surface area contributed by atoms with Gasteiger partial charge in [-0.05, 0) is 12.1 Å². The number of aryl methyl sites for hydroxylation is 1. The molecule has 1 N–H and O–H groups in total. The summed E-state index contributed by atoms with van der Waals surface area (Å²) in [5, 5.41) is 13.5. The summed E-state index contributed by atoms with van der Waals surface area (Å²) in [6.45, 7) is 0. The van der Waals surface area contributed by atoms with Crippen LogP contribution in [0.5, 0.6) is 5.75 Å². The Labute approximate surface area is 75.5 Å². The van der Waals surface area contributed by atoms with Gasteiger partial charge in [0.25, 0.3) is 0 Å². The quantitative estimate of drug-likeness (QED) is 0.708. The van der Waals surface area contributed by atoms with Crippen LogP contribution in [0.3, 0.4) is 0 Å². The van der Waals surface area contributed by atoms with Crippen molar-refractivity contribution in [3.63, 3.8) is 0 Å². The Bertz CT molecular complexity index is 422. The molecule has 0 saturated carbocycles. The Balaban J connectivity index is 2.52. The van der Waals surface area contributed by atoms with Crippen molar-refractivity contribution < 1.29 is 5.11 Å². The number of aromatic nitrogens is 3. The molecule has 0 fully saturated rings. The summed E-state index contributed by atoms with van der Waals surface area (Å²) in [5.74, 6) is 0.176. The van der Waals surface area contributed by atoms with Gasteiger partial charge in [-0.25, -0.2) is 0 Å². The van der Waals surface area contributed by atoms with E-state index in [0.717, 1.165) is 5.56 Å². The lowest BCUT2D eigenvalue weighted by molar-refractivity contribution is 0.475. The molecule has 2 heterocycles. The molecule has 0 aromatic carbocycles. The molecular weight excluding hydrogens is 166 g/mol. The Kier molecular flexibility index (Phi) is 1.73. The van der Waals surface area contributed by atoms with Crippen LogP contribution in [0.25, 0.3) is 11.3 Å². The molecule has 0 aliphatic heterocycles. The predicted molar refractivity (Wildman–Crippen MR) is 48.1 cm³/mol. The van der Waals surface area contributed by atoms with E-state index in [1.165, 1.54) is 0 Å². The third-order valence-corrected chi connectivity index (χ3v) is 1.76. The highest BCUT2D eigenvalue weighted by Gasteiger charge is 2.05. The molecule has 2 rings (SSSR count). The lowest BCUT2D eigenvalue weighted by atomic mass is 10.2. The molecule has 0 bridgehead atoms. The summed E-state index contributed by atoms with van der Waals surface area (Å²) in [7, 11) is 1.82. The van der Waals surface area contributed by atoms with Gasteiger partial charge in [-0.1, -0.05) is 0 Å². The molecule has 0 spiro atoms. The second kappa shape index (κ2) is 2.90. The summed E-state index contributed by atoms with van der Waals surface area (Å²) < 4.78 is 1.67. The smallest absolute Gasteiger partial charge is 0.141 e. The summed E-state index contributed by atoms with van der Waals surface area (Å²) in [4.78, 5) is 4.06. The van der Waals surface area contributed by atoms with Gasteiger partial charge in [-0.3, -0.25) is 9.67 Å². The normalized spacial score (nSPS) is 10.2. The summed E-state index contributed by atoms with van der Waals surface area (Å²) in [6, 6.07) is 3.30. The molecule has 4 heteroatoms. The number of hydrogen-bond donors (Lipinski definition) is 1. The minimum Gasteiger partial charge on any atom is -0.506 e. The highest BCUT2D eigenvalue weighted by atomic mass is 16.3. The number of rotatable bonds is 1. The molecule has 0 radical (unpaired) electrons. The molecule has 66 valence electrons. The third kappa shape index (κ3) is 1.38. The van der Waals surface area contributed by atoms with Gasteiger partial charge in [0.1, 0.15) is 11.4 Å². The number of aromatic hydroxyl groups is 1. The fraction of sp³-hybridized carbons (Fsp3) is 0.111. The molecule has 0 aliphatic rings. The molecule has 0 saturated heterocycles. The van der Waals surface area contributed by atoms with Crippen LogP contribution in [0.2, 0.25) is 0 Å². The Hall–Kier alpha value is -1.84. The average molecular weight is 175 g/mol. The first kappa shape index (κ1) is 7.79. The third-order valence-electron chi connectivity index (χ3n) is 1.76. The van der Waals surface area contributed by atoms with Gasteiger partial charge in [-0.2, -0.15) is 5.10 Å². The van der Waals surface area contributed by atoms with Crippen LogP contribution in [0.15, 0.2) is 30.7 Å². The van der Waals surface area contributed by atoms with Crippen molar-refractivity contribution in [2.24, 2.45) is 7.05 Å². The van der Waals surface area contributed by atoms with Crippen molar-refractivity contribution in [3.05, 3.63) is 30.7 Å². The maximum absolute atomic E-state index is 9.47. The van der Waals surface area contributed by atoms with E-state index < -0.39 is 0 Å². The van der Waals surface area contributed by atoms with Gasteiger partial charge in [0.2, 0.25) is 0 Å². The molecule has 0 aliphatic carbocycles. The lowest BCUT2D eigenvalue weighted by Crippen LogP contribution is -1.84. The average Bonchev–Trinajstić information content (AvgIpc) is 2.53. The van der Waals surface area contributed by atoms with Crippen LogP contribution in [0, 0.1) is 0 Å². The zero-order chi connectivity index (χ0) is 9.26. The van der Waals surface area contributed by atoms with E-state index in [1.54, 1.807) is 29.2 Å². The summed E-state index contributed by atoms with van der Waals surface area (Å²) in [5.41, 5.74) is 1.39. The molecule has 0 atom stereocenters. The maximum Gasteiger partial charge on any atom is 0.141 e. The van der Waals surface area contributed by atoms with Gasteiger partial charge >= 0.3 is 0 Å². The van der Waals surface area contributed by atoms with Gasteiger partial charge < -0.3 is 5.11 Å². The fourth-order valence-electron chi connectivity index (χ4n) is 1.16. The van der Waals surface area contributed by atoms with E-state index in [9.17, 15) is 5.11 Å². The largest absolute Gasteiger partial charge is 0.506 e. The number of nitrogens with zero attached hydrogens (tertiary/aromatic N) is 3. The topological polar surface area (TPSA) is 50.9 Å². The van der Waals surface area contributed by atoms with Crippen LogP contribution in [0.1, 0.15) is 0 Å². The van der Waals surface area contributed by atoms with Crippen molar-refractivity contribution in [1.82, 2.24) is 14.8 Å². The van der Waals surface area contributed by atoms with Gasteiger partial charge in [0.05, 0.1) is 6.20 Å². The highest BCUT2D eigenvalue weighted by molar-refractivity contribution is 5.63. The Morgan fingerprint density at radius 3 is 2.92 bits per heavy atom. The van der Waals surface area contributed by atoms with E-state index in [2.05, 4.69) is 10.1 Å². The SMILES string of the molecule is Cn1cc(-c2ncccc2O)cn1. The second-order valence-corrected chi connectivity index (χ2v) is 2.77. The minimum absolute atomic E-state index is 0.176. The van der Waals surface area contributed by atoms with Crippen molar-refractivity contribution in [2.45, 2.75) is 0 Å². The van der Waals surface area contributed by atoms with Gasteiger partial charge in [0.15, 0.2) is 0 Å². The van der Waals surface area contributed by atoms with E-state index in [0.29, 0.717) is 5.69 Å². The van der Waals surface area contributed by atoms with Crippen LogP contribution in [-0.2, 0) is 7.05 Å². The molecule has 2 aromatic heterocycles. The second-order valence-electron chi connectivity index (χ2n) is 2.77. The van der Waals surface area contributed by atoms with Crippen LogP contribution in [0.4, 0.5) is 0 Å². The highest BCUT2D eigenvalue weighted by Crippen LogP contribution is 2.24. The zero-order valence-electron chi connectivity index (χ0n) is 7.18. The maximum atomic E-state index is 9.47. The molecule has 0 unspecified atom stereocenters. The van der Waals surface area contributed by atoms with Crippen LogP contribution in [-0.4, -0.2) is 19.9 Å². The first-order chi connectivity index (χ1) is 6.27. The zero-order valence-corrected chi connectivity index (χ0v) is 7.18. The fourth-order valence-corrected chi connectivity index (χ4v) is 1.16. The van der Waals surface area contributed by atoms with Crippen molar-refractivity contribution in [2.75, 3.05) is 0 Å². The molecule has 13 heavy (non-hydrogen) atoms. The standard InChI is InChI=1S/C9H9N3O/c1-12-6-7(5-11-12)9-8(13)3-2-4-10-9/h2-6,13H,1H3. The van der Waals surface area contributed by atoms with E-state index in [-0.39, 0.29) is 5.75 Å². The first-order valence-electron chi connectivity index (χ1n) is 3.90. The first-order valence-corrected chi connectivity index (χ1v) is 3.90. The summed E-state index contributed by atoms with van der Waals surface area (Å²) in [6.07, 6.45) is 5.12. The monoisotopic (exact) mass is 175 g/mol. The van der Waals surface area contributed by atoms with Crippen molar-refractivity contribution in [3.8, 4) is 17.0 Å². The molecular formula is C9H9N3O. The Morgan fingerprint density at radius 1 is 1.46 bits per heavy atom. The minimum atomic E-state index is 0.176. The molecule has 2 aromatic rings. The number of hydrogen-bond acceptors (Lipinski definition) is 3. The molecule has 0 amide bonds. The van der Waals surface area contributed by atoms with Crippen LogP contribution < -0.4 is 0 Å². The van der Waals surface area contributed by atoms with Crippen molar-refractivity contribution in [1.29, 1.82) is 0 Å².